The minimum absolute atomic E-state index is 0.278. The van der Waals surface area contributed by atoms with Crippen LogP contribution in [0.1, 0.15) is 62.5 Å². The molecule has 1 aliphatic heterocycles. The van der Waals surface area contributed by atoms with Gasteiger partial charge in [-0.15, -0.1) is 0 Å². The standard InChI is InChI=1S/C16H23N/c1-2-16(10-5-11-17-16)15-9-4-8-14(12-15)13-6-3-7-13/h4,8-9,12-13,17H,2-3,5-7,10-11H2,1H3. The predicted octanol–water partition coefficient (Wildman–Crippen LogP) is 3.94. The van der Waals surface area contributed by atoms with Gasteiger partial charge in [0.25, 0.3) is 0 Å². The highest BCUT2D eigenvalue weighted by Gasteiger charge is 2.33. The second-order valence-corrected chi connectivity index (χ2v) is 5.72. The van der Waals surface area contributed by atoms with Crippen molar-refractivity contribution in [1.82, 2.24) is 5.32 Å². The van der Waals surface area contributed by atoms with Gasteiger partial charge in [0.2, 0.25) is 0 Å². The first-order valence-corrected chi connectivity index (χ1v) is 7.19. The van der Waals surface area contributed by atoms with Crippen molar-refractivity contribution in [2.24, 2.45) is 0 Å². The zero-order chi connectivity index (χ0) is 11.7. The fourth-order valence-electron chi connectivity index (χ4n) is 3.39. The van der Waals surface area contributed by atoms with Crippen LogP contribution in [0.3, 0.4) is 0 Å². The molecular formula is C16H23N. The second kappa shape index (κ2) is 4.45. The zero-order valence-electron chi connectivity index (χ0n) is 10.8. The first-order chi connectivity index (χ1) is 8.34. The van der Waals surface area contributed by atoms with Crippen molar-refractivity contribution in [2.45, 2.75) is 56.9 Å². The third-order valence-electron chi connectivity index (χ3n) is 4.86. The Bertz CT molecular complexity index is 386. The number of hydrogen-bond acceptors (Lipinski definition) is 1. The predicted molar refractivity (Wildman–Crippen MR) is 72.2 cm³/mol. The van der Waals surface area contributed by atoms with Gasteiger partial charge in [-0.2, -0.15) is 0 Å². The molecule has 2 aliphatic rings. The van der Waals surface area contributed by atoms with Crippen LogP contribution in [0.2, 0.25) is 0 Å². The summed E-state index contributed by atoms with van der Waals surface area (Å²) in [7, 11) is 0. The fourth-order valence-corrected chi connectivity index (χ4v) is 3.39. The maximum atomic E-state index is 3.74. The highest BCUT2D eigenvalue weighted by Crippen LogP contribution is 2.39. The van der Waals surface area contributed by atoms with Crippen LogP contribution in [0.15, 0.2) is 24.3 Å². The average molecular weight is 229 g/mol. The van der Waals surface area contributed by atoms with Crippen molar-refractivity contribution in [2.75, 3.05) is 6.54 Å². The van der Waals surface area contributed by atoms with E-state index in [1.54, 1.807) is 5.56 Å². The van der Waals surface area contributed by atoms with Gasteiger partial charge in [0, 0.05) is 5.54 Å². The van der Waals surface area contributed by atoms with Crippen molar-refractivity contribution in [3.8, 4) is 0 Å². The Balaban J connectivity index is 1.90. The molecule has 1 aromatic rings. The van der Waals surface area contributed by atoms with Crippen LogP contribution < -0.4 is 5.32 Å². The van der Waals surface area contributed by atoms with E-state index in [2.05, 4.69) is 36.5 Å². The van der Waals surface area contributed by atoms with Gasteiger partial charge in [-0.25, -0.2) is 0 Å². The van der Waals surface area contributed by atoms with Gasteiger partial charge in [-0.3, -0.25) is 0 Å². The molecule has 1 N–H and O–H groups in total. The number of benzene rings is 1. The highest BCUT2D eigenvalue weighted by molar-refractivity contribution is 5.33. The summed E-state index contributed by atoms with van der Waals surface area (Å²) in [6.45, 7) is 3.50. The lowest BCUT2D eigenvalue weighted by atomic mass is 9.77. The second-order valence-electron chi connectivity index (χ2n) is 5.72. The van der Waals surface area contributed by atoms with Gasteiger partial charge in [-0.05, 0) is 55.7 Å². The monoisotopic (exact) mass is 229 g/mol. The third kappa shape index (κ3) is 1.91. The van der Waals surface area contributed by atoms with E-state index in [1.165, 1.54) is 50.6 Å². The molecule has 0 bridgehead atoms. The summed E-state index contributed by atoms with van der Waals surface area (Å²) in [6, 6.07) is 9.39. The molecule has 3 rings (SSSR count). The minimum Gasteiger partial charge on any atom is -0.307 e. The van der Waals surface area contributed by atoms with E-state index >= 15 is 0 Å². The van der Waals surface area contributed by atoms with Gasteiger partial charge < -0.3 is 5.32 Å². The molecule has 1 heterocycles. The number of nitrogens with one attached hydrogen (secondary N) is 1. The Labute approximate surface area is 105 Å². The summed E-state index contributed by atoms with van der Waals surface area (Å²) in [5.74, 6) is 0.852. The van der Waals surface area contributed by atoms with Gasteiger partial charge in [0.05, 0.1) is 0 Å². The lowest BCUT2D eigenvalue weighted by molar-refractivity contribution is 0.373. The Morgan fingerprint density at radius 3 is 2.76 bits per heavy atom. The molecule has 1 saturated heterocycles. The first-order valence-electron chi connectivity index (χ1n) is 7.19. The van der Waals surface area contributed by atoms with Gasteiger partial charge in [0.15, 0.2) is 0 Å². The van der Waals surface area contributed by atoms with E-state index < -0.39 is 0 Å². The van der Waals surface area contributed by atoms with E-state index in [0.29, 0.717) is 0 Å². The smallest absolute Gasteiger partial charge is 0.0432 e. The summed E-state index contributed by atoms with van der Waals surface area (Å²) in [6.07, 6.45) is 8.05. The zero-order valence-corrected chi connectivity index (χ0v) is 10.8. The molecule has 1 heteroatoms. The van der Waals surface area contributed by atoms with E-state index in [0.717, 1.165) is 5.92 Å². The molecule has 0 aromatic heterocycles. The maximum Gasteiger partial charge on any atom is 0.0432 e. The van der Waals surface area contributed by atoms with Crippen molar-refractivity contribution in [3.05, 3.63) is 35.4 Å². The number of hydrogen-bond donors (Lipinski definition) is 1. The first kappa shape index (κ1) is 11.3. The lowest BCUT2D eigenvalue weighted by Gasteiger charge is -2.31. The SMILES string of the molecule is CCC1(c2cccc(C3CCC3)c2)CCCN1. The number of rotatable bonds is 3. The van der Waals surface area contributed by atoms with E-state index in [1.807, 2.05) is 0 Å². The Hall–Kier alpha value is -0.820. The minimum atomic E-state index is 0.278. The van der Waals surface area contributed by atoms with E-state index in [-0.39, 0.29) is 5.54 Å². The molecule has 1 nitrogen and oxygen atoms in total. The summed E-state index contributed by atoms with van der Waals surface area (Å²) in [5, 5.41) is 3.74. The van der Waals surface area contributed by atoms with Gasteiger partial charge >= 0.3 is 0 Å². The molecule has 0 amide bonds. The van der Waals surface area contributed by atoms with Gasteiger partial charge in [-0.1, -0.05) is 37.6 Å². The molecule has 1 saturated carbocycles. The van der Waals surface area contributed by atoms with Crippen LogP contribution in [0.25, 0.3) is 0 Å². The summed E-state index contributed by atoms with van der Waals surface area (Å²) in [4.78, 5) is 0. The van der Waals surface area contributed by atoms with Crippen molar-refractivity contribution in [3.63, 3.8) is 0 Å². The average Bonchev–Trinajstić information content (AvgIpc) is 2.77. The molecule has 17 heavy (non-hydrogen) atoms. The maximum absolute atomic E-state index is 3.74. The molecular weight excluding hydrogens is 206 g/mol. The van der Waals surface area contributed by atoms with Crippen LogP contribution >= 0.6 is 0 Å². The summed E-state index contributed by atoms with van der Waals surface area (Å²) in [5.41, 5.74) is 3.39. The van der Waals surface area contributed by atoms with Crippen LogP contribution in [-0.2, 0) is 5.54 Å². The van der Waals surface area contributed by atoms with Gasteiger partial charge in [0.1, 0.15) is 0 Å². The fraction of sp³-hybridized carbons (Fsp3) is 0.625. The molecule has 0 spiro atoms. The molecule has 1 unspecified atom stereocenters. The Morgan fingerprint density at radius 1 is 1.29 bits per heavy atom. The quantitative estimate of drug-likeness (QED) is 0.827. The molecule has 1 aliphatic carbocycles. The van der Waals surface area contributed by atoms with Crippen molar-refractivity contribution >= 4 is 0 Å². The largest absolute Gasteiger partial charge is 0.307 e. The van der Waals surface area contributed by atoms with Crippen molar-refractivity contribution < 1.29 is 0 Å². The van der Waals surface area contributed by atoms with E-state index in [4.69, 9.17) is 0 Å². The molecule has 92 valence electrons. The molecule has 1 aromatic carbocycles. The Morgan fingerprint density at radius 2 is 2.18 bits per heavy atom. The van der Waals surface area contributed by atoms with E-state index in [9.17, 15) is 0 Å². The molecule has 1 atom stereocenters. The Kier molecular flexibility index (Phi) is 2.96. The molecule has 0 radical (unpaired) electrons. The lowest BCUT2D eigenvalue weighted by Crippen LogP contribution is -2.36. The highest BCUT2D eigenvalue weighted by atomic mass is 15.0. The van der Waals surface area contributed by atoms with Crippen molar-refractivity contribution in [1.29, 1.82) is 0 Å². The third-order valence-corrected chi connectivity index (χ3v) is 4.86. The summed E-state index contributed by atoms with van der Waals surface area (Å²) >= 11 is 0. The topological polar surface area (TPSA) is 12.0 Å². The normalized spacial score (nSPS) is 29.2. The van der Waals surface area contributed by atoms with Crippen LogP contribution in [-0.4, -0.2) is 6.54 Å². The van der Waals surface area contributed by atoms with Crippen LogP contribution in [0, 0.1) is 0 Å². The van der Waals surface area contributed by atoms with Crippen LogP contribution in [0.5, 0.6) is 0 Å². The molecule has 2 fully saturated rings. The van der Waals surface area contributed by atoms with Crippen LogP contribution in [0.4, 0.5) is 0 Å². The summed E-state index contributed by atoms with van der Waals surface area (Å²) < 4.78 is 0.